The first-order valence-electron chi connectivity index (χ1n) is 12.3. The first-order chi connectivity index (χ1) is 17.4. The number of benzene rings is 1. The molecule has 0 bridgehead atoms. The fraction of sp³-hybridized carbons (Fsp3) is 0.480. The molecular weight excluding hydrogens is 485 g/mol. The maximum Gasteiger partial charge on any atom is 0.227 e. The Hall–Kier alpha value is -2.89. The van der Waals surface area contributed by atoms with Crippen molar-refractivity contribution < 1.29 is 22.3 Å². The van der Waals surface area contributed by atoms with Crippen LogP contribution in [-0.2, 0) is 19.3 Å². The summed E-state index contributed by atoms with van der Waals surface area (Å²) in [6.07, 6.45) is 8.02. The number of nitrogens with zero attached hydrogens (tertiary/aromatic N) is 3. The van der Waals surface area contributed by atoms with Gasteiger partial charge in [0.1, 0.15) is 17.6 Å². The highest BCUT2D eigenvalue weighted by Crippen LogP contribution is 2.31. The Bertz CT molecular complexity index is 1290. The number of aromatic nitrogens is 4. The summed E-state index contributed by atoms with van der Waals surface area (Å²) in [5.41, 5.74) is 1.10. The molecule has 9 nitrogen and oxygen atoms in total. The fourth-order valence-corrected chi connectivity index (χ4v) is 6.10. The minimum Gasteiger partial charge on any atom is -0.377 e. The molecule has 3 atom stereocenters. The number of hydrogen-bond acceptors (Lipinski definition) is 8. The molecule has 2 aliphatic rings. The zero-order valence-corrected chi connectivity index (χ0v) is 20.9. The summed E-state index contributed by atoms with van der Waals surface area (Å²) in [5.74, 6) is 0.220. The van der Waals surface area contributed by atoms with E-state index < -0.39 is 15.7 Å². The number of anilines is 2. The number of aromatic amines is 1. The summed E-state index contributed by atoms with van der Waals surface area (Å²) >= 11 is 0. The summed E-state index contributed by atoms with van der Waals surface area (Å²) in [4.78, 5) is 16.1. The molecule has 1 aromatic carbocycles. The molecule has 0 spiro atoms. The molecule has 3 unspecified atom stereocenters. The molecule has 5 rings (SSSR count). The van der Waals surface area contributed by atoms with Crippen LogP contribution in [0.4, 0.5) is 16.0 Å². The second-order valence-electron chi connectivity index (χ2n) is 9.36. The third-order valence-electron chi connectivity index (χ3n) is 6.52. The van der Waals surface area contributed by atoms with E-state index in [0.717, 1.165) is 44.7 Å². The van der Waals surface area contributed by atoms with E-state index in [9.17, 15) is 12.8 Å². The predicted octanol–water partition coefficient (Wildman–Crippen LogP) is 4.72. The topological polar surface area (TPSA) is 119 Å². The van der Waals surface area contributed by atoms with E-state index >= 15 is 0 Å². The Morgan fingerprint density at radius 1 is 1.08 bits per heavy atom. The number of imidazole rings is 1. The minimum absolute atomic E-state index is 0.0266. The molecule has 11 heteroatoms. The highest BCUT2D eigenvalue weighted by atomic mass is 32.2. The van der Waals surface area contributed by atoms with Crippen molar-refractivity contribution in [1.82, 2.24) is 19.9 Å². The third kappa shape index (κ3) is 5.74. The molecule has 2 saturated heterocycles. The minimum atomic E-state index is -3.46. The largest absolute Gasteiger partial charge is 0.377 e. The Morgan fingerprint density at radius 2 is 1.92 bits per heavy atom. The smallest absolute Gasteiger partial charge is 0.227 e. The van der Waals surface area contributed by atoms with E-state index in [1.807, 2.05) is 6.92 Å². The first-order valence-corrected chi connectivity index (χ1v) is 14.0. The van der Waals surface area contributed by atoms with Crippen molar-refractivity contribution in [3.05, 3.63) is 48.3 Å². The van der Waals surface area contributed by atoms with Gasteiger partial charge in [-0.1, -0.05) is 0 Å². The molecule has 4 heterocycles. The number of halogens is 1. The van der Waals surface area contributed by atoms with Crippen LogP contribution < -0.4 is 5.32 Å². The van der Waals surface area contributed by atoms with Gasteiger partial charge in [0.2, 0.25) is 5.95 Å². The Balaban J connectivity index is 1.28. The lowest BCUT2D eigenvalue weighted by atomic mass is 10.0. The second-order valence-corrected chi connectivity index (χ2v) is 11.4. The third-order valence-corrected chi connectivity index (χ3v) is 8.32. The van der Waals surface area contributed by atoms with Gasteiger partial charge in [0.05, 0.1) is 40.9 Å². The zero-order chi connectivity index (χ0) is 25.1. The Morgan fingerprint density at radius 3 is 2.67 bits per heavy atom. The maximum atomic E-state index is 14.6. The Kier molecular flexibility index (Phi) is 7.31. The number of sulfone groups is 1. The average Bonchev–Trinajstić information content (AvgIpc) is 3.36. The summed E-state index contributed by atoms with van der Waals surface area (Å²) in [6, 6.07) is 6.35. The summed E-state index contributed by atoms with van der Waals surface area (Å²) in [6.45, 7) is 2.64. The van der Waals surface area contributed by atoms with Crippen molar-refractivity contribution in [2.24, 2.45) is 0 Å². The van der Waals surface area contributed by atoms with Crippen LogP contribution in [0, 0.1) is 5.82 Å². The van der Waals surface area contributed by atoms with E-state index in [-0.39, 0.29) is 40.6 Å². The molecule has 0 radical (unpaired) electrons. The van der Waals surface area contributed by atoms with Crippen LogP contribution in [0.2, 0.25) is 0 Å². The molecule has 36 heavy (non-hydrogen) atoms. The van der Waals surface area contributed by atoms with Gasteiger partial charge >= 0.3 is 0 Å². The van der Waals surface area contributed by atoms with Gasteiger partial charge < -0.3 is 19.8 Å². The molecule has 2 fully saturated rings. The lowest BCUT2D eigenvalue weighted by Crippen LogP contribution is -2.27. The van der Waals surface area contributed by atoms with Gasteiger partial charge in [-0.05, 0) is 69.7 Å². The highest BCUT2D eigenvalue weighted by molar-refractivity contribution is 7.91. The Labute approximate surface area is 209 Å². The van der Waals surface area contributed by atoms with Crippen molar-refractivity contribution in [1.29, 1.82) is 0 Å². The van der Waals surface area contributed by atoms with Gasteiger partial charge in [-0.2, -0.15) is 0 Å². The normalized spacial score (nSPS) is 22.9. The number of rotatable bonds is 7. The number of nitrogens with one attached hydrogen (secondary N) is 2. The lowest BCUT2D eigenvalue weighted by molar-refractivity contribution is -0.0454. The maximum absolute atomic E-state index is 14.6. The predicted molar refractivity (Wildman–Crippen MR) is 132 cm³/mol. The fourth-order valence-electron chi connectivity index (χ4n) is 4.60. The van der Waals surface area contributed by atoms with Crippen LogP contribution in [-0.4, -0.2) is 52.9 Å². The molecule has 0 aliphatic carbocycles. The number of H-pyrrole nitrogens is 1. The van der Waals surface area contributed by atoms with Crippen molar-refractivity contribution in [2.45, 2.75) is 68.7 Å². The van der Waals surface area contributed by atoms with Gasteiger partial charge in [-0.3, -0.25) is 0 Å². The highest BCUT2D eigenvalue weighted by Gasteiger charge is 2.25. The van der Waals surface area contributed by atoms with E-state index in [1.54, 1.807) is 18.3 Å². The first kappa shape index (κ1) is 24.8. The second kappa shape index (κ2) is 10.6. The quantitative estimate of drug-likeness (QED) is 0.464. The van der Waals surface area contributed by atoms with Crippen LogP contribution in [0.15, 0.2) is 41.6 Å². The van der Waals surface area contributed by atoms with Crippen molar-refractivity contribution in [3.63, 3.8) is 0 Å². The average molecular weight is 516 g/mol. The van der Waals surface area contributed by atoms with Gasteiger partial charge in [0.15, 0.2) is 15.7 Å². The van der Waals surface area contributed by atoms with Crippen LogP contribution in [0.3, 0.4) is 0 Å². The molecule has 192 valence electrons. The van der Waals surface area contributed by atoms with E-state index in [2.05, 4.69) is 25.3 Å². The summed E-state index contributed by atoms with van der Waals surface area (Å²) in [5, 5.41) is 3.01. The van der Waals surface area contributed by atoms with Gasteiger partial charge in [0, 0.05) is 12.3 Å². The van der Waals surface area contributed by atoms with Gasteiger partial charge in [-0.25, -0.2) is 27.8 Å². The van der Waals surface area contributed by atoms with E-state index in [1.165, 1.54) is 12.1 Å². The van der Waals surface area contributed by atoms with Gasteiger partial charge in [0.25, 0.3) is 0 Å². The van der Waals surface area contributed by atoms with Crippen LogP contribution in [0.25, 0.3) is 11.4 Å². The van der Waals surface area contributed by atoms with Crippen LogP contribution >= 0.6 is 0 Å². The molecular formula is C25H30FN5O4S. The number of ether oxygens (including phenoxy) is 2. The van der Waals surface area contributed by atoms with Crippen molar-refractivity contribution in [3.8, 4) is 11.4 Å². The standard InChI is InChI=1S/C25H30FN5O4S/c1-16-5-4-7-22(35-16)24-27-14-21(30-24)23-20(26)13-28-25(31-23)29-17-8-10-19(11-9-17)36(32,33)15-18-6-2-3-12-34-18/h8-11,13-14,16,18,22H,2-7,12,15H2,1H3,(H,27,30)(H,28,29,31). The van der Waals surface area contributed by atoms with Crippen molar-refractivity contribution in [2.75, 3.05) is 17.7 Å². The molecule has 0 saturated carbocycles. The molecule has 2 aliphatic heterocycles. The molecule has 2 aromatic heterocycles. The summed E-state index contributed by atoms with van der Waals surface area (Å²) < 4.78 is 51.6. The van der Waals surface area contributed by atoms with Crippen LogP contribution in [0.1, 0.15) is 57.4 Å². The molecule has 2 N–H and O–H groups in total. The SMILES string of the molecule is CC1CCCC(c2ncc(-c3nc(Nc4ccc(S(=O)(=O)CC5CCCCO5)cc4)ncc3F)[nH]2)O1. The molecule has 3 aromatic rings. The van der Waals surface area contributed by atoms with E-state index in [4.69, 9.17) is 9.47 Å². The summed E-state index contributed by atoms with van der Waals surface area (Å²) in [7, 11) is -3.46. The monoisotopic (exact) mass is 515 g/mol. The molecule has 0 amide bonds. The zero-order valence-electron chi connectivity index (χ0n) is 20.1. The van der Waals surface area contributed by atoms with Gasteiger partial charge in [-0.15, -0.1) is 0 Å². The number of hydrogen-bond donors (Lipinski definition) is 2. The lowest BCUT2D eigenvalue weighted by Gasteiger charge is -2.26. The van der Waals surface area contributed by atoms with Crippen LogP contribution in [0.5, 0.6) is 0 Å². The van der Waals surface area contributed by atoms with Crippen molar-refractivity contribution >= 4 is 21.5 Å². The van der Waals surface area contributed by atoms with E-state index in [0.29, 0.717) is 23.8 Å².